The third kappa shape index (κ3) is 5.52. The maximum atomic E-state index is 3.91. The van der Waals surface area contributed by atoms with Crippen LogP contribution in [0.2, 0.25) is 19.6 Å². The van der Waals surface area contributed by atoms with Gasteiger partial charge in [0.2, 0.25) is 0 Å². The zero-order chi connectivity index (χ0) is 17.2. The first-order valence-corrected chi connectivity index (χ1v) is 12.2. The standard InChI is InChI=1S/C19H13.C4H11Si.Pt/c1-2-6-14(5-1)17-9-10-18-11-15-7-3-4-8-16(15)12-19(18)13-17;1-5(2,3)4;/h1,3-5,7-13H,2H2;1H2,2-4H3;/q2*-1;+2. The second-order valence-corrected chi connectivity index (χ2v) is 12.6. The van der Waals surface area contributed by atoms with E-state index in [-0.39, 0.29) is 21.1 Å². The number of allylic oxidation sites excluding steroid dienone is 4. The minimum Gasteiger partial charge on any atom is -0.342 e. The van der Waals surface area contributed by atoms with Crippen LogP contribution in [0.5, 0.6) is 0 Å². The number of hydrogen-bond acceptors (Lipinski definition) is 0. The third-order valence-corrected chi connectivity index (χ3v) is 3.71. The Morgan fingerprint density at radius 2 is 1.40 bits per heavy atom. The topological polar surface area (TPSA) is 0 Å². The van der Waals surface area contributed by atoms with E-state index in [1.165, 1.54) is 32.7 Å². The molecule has 0 aliphatic heterocycles. The molecule has 0 atom stereocenters. The van der Waals surface area contributed by atoms with Gasteiger partial charge in [0.05, 0.1) is 0 Å². The van der Waals surface area contributed by atoms with Gasteiger partial charge in [0, 0.05) is 0 Å². The maximum Gasteiger partial charge on any atom is 2.00 e. The van der Waals surface area contributed by atoms with Gasteiger partial charge in [0.1, 0.15) is 0 Å². The maximum absolute atomic E-state index is 3.91. The van der Waals surface area contributed by atoms with Gasteiger partial charge in [-0.25, -0.2) is 0 Å². The smallest absolute Gasteiger partial charge is 0.342 e. The van der Waals surface area contributed by atoms with E-state index >= 15 is 0 Å². The summed E-state index contributed by atoms with van der Waals surface area (Å²) in [6, 6.07) is 19.7. The quantitative estimate of drug-likeness (QED) is 0.186. The number of hydrogen-bond donors (Lipinski definition) is 0. The minimum absolute atomic E-state index is 0. The van der Waals surface area contributed by atoms with Crippen LogP contribution in [0.15, 0.2) is 66.7 Å². The van der Waals surface area contributed by atoms with Crippen molar-refractivity contribution in [2.24, 2.45) is 0 Å². The van der Waals surface area contributed by atoms with E-state index in [4.69, 9.17) is 0 Å². The van der Waals surface area contributed by atoms with Gasteiger partial charge in [-0.3, -0.25) is 0 Å². The molecule has 25 heavy (non-hydrogen) atoms. The molecular weight excluding hydrogens is 499 g/mol. The number of benzene rings is 3. The van der Waals surface area contributed by atoms with Crippen LogP contribution in [0, 0.1) is 12.6 Å². The van der Waals surface area contributed by atoms with Gasteiger partial charge >= 0.3 is 21.1 Å². The van der Waals surface area contributed by atoms with Crippen molar-refractivity contribution in [2.45, 2.75) is 26.1 Å². The summed E-state index contributed by atoms with van der Waals surface area (Å²) in [6.45, 7) is 10.6. The molecule has 0 radical (unpaired) electrons. The molecule has 0 bridgehead atoms. The van der Waals surface area contributed by atoms with E-state index in [0.29, 0.717) is 0 Å². The number of fused-ring (bicyclic) bond motifs is 2. The van der Waals surface area contributed by atoms with Crippen LogP contribution >= 0.6 is 0 Å². The summed E-state index contributed by atoms with van der Waals surface area (Å²) in [4.78, 5) is 0. The molecule has 0 aromatic heterocycles. The molecular formula is C23H24PtSi. The first-order chi connectivity index (χ1) is 11.4. The molecule has 0 unspecified atom stereocenters. The summed E-state index contributed by atoms with van der Waals surface area (Å²) in [5.41, 5.74) is 2.48. The SMILES string of the molecule is [C-]1=C(c2ccc3cc4ccccc4cc3c2)C=CC1.[CH2-][Si](C)(C)C.[Pt+2]. The van der Waals surface area contributed by atoms with Crippen molar-refractivity contribution in [3.8, 4) is 0 Å². The van der Waals surface area contributed by atoms with E-state index in [1.54, 1.807) is 0 Å². The van der Waals surface area contributed by atoms with Gasteiger partial charge in [0.25, 0.3) is 0 Å². The molecule has 1 aliphatic carbocycles. The van der Waals surface area contributed by atoms with Gasteiger partial charge in [-0.05, 0) is 33.7 Å². The Morgan fingerprint density at radius 3 is 1.96 bits per heavy atom. The summed E-state index contributed by atoms with van der Waals surface area (Å²) < 4.78 is 0. The second-order valence-electron chi connectivity index (χ2n) is 7.52. The van der Waals surface area contributed by atoms with E-state index in [9.17, 15) is 0 Å². The second kappa shape index (κ2) is 8.30. The minimum atomic E-state index is -0.861. The average molecular weight is 524 g/mol. The van der Waals surface area contributed by atoms with Crippen LogP contribution in [-0.2, 0) is 21.1 Å². The Balaban J connectivity index is 0.000000335. The summed E-state index contributed by atoms with van der Waals surface area (Å²) in [5.74, 6) is 0. The predicted octanol–water partition coefficient (Wildman–Crippen LogP) is 6.83. The number of rotatable bonds is 1. The fourth-order valence-electron chi connectivity index (χ4n) is 2.71. The molecule has 0 saturated heterocycles. The van der Waals surface area contributed by atoms with Gasteiger partial charge in [-0.15, -0.1) is 31.8 Å². The molecule has 0 spiro atoms. The normalized spacial score (nSPS) is 13.2. The Labute approximate surface area is 166 Å². The van der Waals surface area contributed by atoms with Crippen molar-refractivity contribution in [2.75, 3.05) is 0 Å². The molecule has 0 saturated carbocycles. The zero-order valence-corrected chi connectivity index (χ0v) is 18.4. The van der Waals surface area contributed by atoms with Crippen molar-refractivity contribution in [1.82, 2.24) is 0 Å². The first-order valence-electron chi connectivity index (χ1n) is 8.46. The van der Waals surface area contributed by atoms with Crippen LogP contribution < -0.4 is 0 Å². The van der Waals surface area contributed by atoms with Gasteiger partial charge in [-0.1, -0.05) is 56.4 Å². The molecule has 0 heterocycles. The third-order valence-electron chi connectivity index (χ3n) is 3.71. The average Bonchev–Trinajstić information content (AvgIpc) is 3.05. The van der Waals surface area contributed by atoms with Crippen molar-refractivity contribution >= 4 is 35.2 Å². The Kier molecular flexibility index (Phi) is 6.60. The fourth-order valence-corrected chi connectivity index (χ4v) is 2.71. The van der Waals surface area contributed by atoms with Crippen LogP contribution in [0.1, 0.15) is 12.0 Å². The summed E-state index contributed by atoms with van der Waals surface area (Å²) in [7, 11) is -0.861. The molecule has 0 fully saturated rings. The molecule has 0 amide bonds. The molecule has 4 rings (SSSR count). The van der Waals surface area contributed by atoms with E-state index < -0.39 is 8.07 Å². The molecule has 3 aromatic rings. The van der Waals surface area contributed by atoms with Crippen molar-refractivity contribution < 1.29 is 21.1 Å². The van der Waals surface area contributed by atoms with Crippen LogP contribution in [0.25, 0.3) is 27.1 Å². The molecule has 2 heteroatoms. The van der Waals surface area contributed by atoms with Crippen molar-refractivity contribution in [3.63, 3.8) is 0 Å². The molecule has 1 aliphatic rings. The Bertz CT molecular complexity index is 924. The van der Waals surface area contributed by atoms with Crippen LogP contribution in [-0.4, -0.2) is 8.07 Å². The zero-order valence-electron chi connectivity index (χ0n) is 15.1. The van der Waals surface area contributed by atoms with Gasteiger partial charge in [0.15, 0.2) is 0 Å². The van der Waals surface area contributed by atoms with Crippen molar-refractivity contribution in [1.29, 1.82) is 0 Å². The largest absolute Gasteiger partial charge is 2.00 e. The predicted molar refractivity (Wildman–Crippen MR) is 111 cm³/mol. The first kappa shape index (κ1) is 19.9. The van der Waals surface area contributed by atoms with E-state index in [0.717, 1.165) is 6.42 Å². The monoisotopic (exact) mass is 523 g/mol. The summed E-state index contributed by atoms with van der Waals surface area (Å²) in [6.07, 6.45) is 8.62. The van der Waals surface area contributed by atoms with Crippen LogP contribution in [0.3, 0.4) is 0 Å². The van der Waals surface area contributed by atoms with Gasteiger partial charge < -0.3 is 6.55 Å². The Morgan fingerprint density at radius 1 is 0.840 bits per heavy atom. The fraction of sp³-hybridized carbons (Fsp3) is 0.174. The molecule has 3 aromatic carbocycles. The summed E-state index contributed by atoms with van der Waals surface area (Å²) in [5, 5.41) is 5.19. The summed E-state index contributed by atoms with van der Waals surface area (Å²) >= 11 is 0. The van der Waals surface area contributed by atoms with E-state index in [2.05, 4.69) is 99.0 Å². The molecule has 0 N–H and O–H groups in total. The van der Waals surface area contributed by atoms with Crippen LogP contribution in [0.4, 0.5) is 0 Å². The molecule has 130 valence electrons. The molecule has 0 nitrogen and oxygen atoms in total. The van der Waals surface area contributed by atoms with Gasteiger partial charge in [-0.2, -0.15) is 17.7 Å². The van der Waals surface area contributed by atoms with E-state index in [1.807, 2.05) is 0 Å². The Hall–Kier alpha value is -1.43. The van der Waals surface area contributed by atoms with Crippen molar-refractivity contribution in [3.05, 3.63) is 84.9 Å².